The molecule has 1 aliphatic carbocycles. The average Bonchev–Trinajstić information content (AvgIpc) is 3.07. The van der Waals surface area contributed by atoms with Gasteiger partial charge in [0.1, 0.15) is 0 Å². The number of amides is 2. The van der Waals surface area contributed by atoms with E-state index in [0.717, 1.165) is 38.8 Å². The third-order valence-electron chi connectivity index (χ3n) is 6.54. The SMILES string of the molecule is COC(=O)CCCN(CCCN1C(=O)c2ccccc2C1=O)C1CCCc2ccccc21. The van der Waals surface area contributed by atoms with E-state index in [0.29, 0.717) is 36.6 Å². The summed E-state index contributed by atoms with van der Waals surface area (Å²) in [5.41, 5.74) is 3.74. The van der Waals surface area contributed by atoms with E-state index < -0.39 is 0 Å². The molecule has 0 spiro atoms. The molecule has 0 aromatic heterocycles. The maximum absolute atomic E-state index is 12.7. The second-order valence-electron chi connectivity index (χ2n) is 8.48. The number of imide groups is 1. The number of hydrogen-bond acceptors (Lipinski definition) is 5. The van der Waals surface area contributed by atoms with Crippen LogP contribution in [0.3, 0.4) is 0 Å². The van der Waals surface area contributed by atoms with Crippen LogP contribution in [0.2, 0.25) is 0 Å². The molecule has 0 saturated heterocycles. The minimum atomic E-state index is -0.203. The van der Waals surface area contributed by atoms with Crippen molar-refractivity contribution in [2.75, 3.05) is 26.7 Å². The maximum Gasteiger partial charge on any atom is 0.305 e. The highest BCUT2D eigenvalue weighted by molar-refractivity contribution is 6.21. The third kappa shape index (κ3) is 4.60. The minimum Gasteiger partial charge on any atom is -0.469 e. The fourth-order valence-corrected chi connectivity index (χ4v) is 4.93. The lowest BCUT2D eigenvalue weighted by molar-refractivity contribution is -0.140. The van der Waals surface area contributed by atoms with Gasteiger partial charge in [-0.1, -0.05) is 36.4 Å². The van der Waals surface area contributed by atoms with E-state index in [9.17, 15) is 14.4 Å². The van der Waals surface area contributed by atoms with Crippen molar-refractivity contribution < 1.29 is 19.1 Å². The number of carbonyl (C=O) groups is 3. The number of aryl methyl sites for hydroxylation is 1. The minimum absolute atomic E-state index is 0.194. The highest BCUT2D eigenvalue weighted by atomic mass is 16.5. The predicted octanol–water partition coefficient (Wildman–Crippen LogP) is 4.01. The van der Waals surface area contributed by atoms with Gasteiger partial charge in [-0.15, -0.1) is 0 Å². The number of carbonyl (C=O) groups excluding carboxylic acids is 3. The molecule has 1 unspecified atom stereocenters. The van der Waals surface area contributed by atoms with E-state index in [2.05, 4.69) is 29.2 Å². The molecule has 6 heteroatoms. The van der Waals surface area contributed by atoms with Crippen molar-refractivity contribution in [2.45, 2.75) is 44.6 Å². The molecule has 6 nitrogen and oxygen atoms in total. The Labute approximate surface area is 189 Å². The lowest BCUT2D eigenvalue weighted by Crippen LogP contribution is -2.36. The first-order chi connectivity index (χ1) is 15.6. The largest absolute Gasteiger partial charge is 0.469 e. The second kappa shape index (κ2) is 10.1. The van der Waals surface area contributed by atoms with Crippen molar-refractivity contribution >= 4 is 17.8 Å². The third-order valence-corrected chi connectivity index (χ3v) is 6.54. The van der Waals surface area contributed by atoms with E-state index in [1.165, 1.54) is 23.1 Å². The molecule has 0 N–H and O–H groups in total. The first-order valence-corrected chi connectivity index (χ1v) is 11.4. The molecule has 0 fully saturated rings. The Morgan fingerprint density at radius 3 is 2.38 bits per heavy atom. The molecular formula is C26H30N2O4. The summed E-state index contributed by atoms with van der Waals surface area (Å²) in [7, 11) is 1.42. The highest BCUT2D eigenvalue weighted by Gasteiger charge is 2.35. The monoisotopic (exact) mass is 434 g/mol. The summed E-state index contributed by atoms with van der Waals surface area (Å²) in [5.74, 6) is -0.600. The number of nitrogens with zero attached hydrogens (tertiary/aromatic N) is 2. The summed E-state index contributed by atoms with van der Waals surface area (Å²) >= 11 is 0. The normalized spacial score (nSPS) is 17.4. The zero-order chi connectivity index (χ0) is 22.5. The van der Waals surface area contributed by atoms with Gasteiger partial charge < -0.3 is 4.74 Å². The number of ether oxygens (including phenoxy) is 1. The van der Waals surface area contributed by atoms with Crippen molar-refractivity contribution in [3.05, 3.63) is 70.8 Å². The van der Waals surface area contributed by atoms with Crippen LogP contribution in [0.5, 0.6) is 0 Å². The quantitative estimate of drug-likeness (QED) is 0.441. The van der Waals surface area contributed by atoms with Crippen molar-refractivity contribution in [3.63, 3.8) is 0 Å². The van der Waals surface area contributed by atoms with Crippen molar-refractivity contribution in [3.8, 4) is 0 Å². The van der Waals surface area contributed by atoms with Crippen molar-refractivity contribution in [2.24, 2.45) is 0 Å². The molecular weight excluding hydrogens is 404 g/mol. The Morgan fingerprint density at radius 1 is 1.00 bits per heavy atom. The van der Waals surface area contributed by atoms with Gasteiger partial charge in [-0.25, -0.2) is 0 Å². The van der Waals surface area contributed by atoms with Crippen LogP contribution in [-0.4, -0.2) is 54.3 Å². The highest BCUT2D eigenvalue weighted by Crippen LogP contribution is 2.34. The number of benzene rings is 2. The molecule has 1 aliphatic heterocycles. The molecule has 0 radical (unpaired) electrons. The van der Waals surface area contributed by atoms with Gasteiger partial charge in [-0.05, 0) is 61.9 Å². The molecule has 2 aromatic rings. The molecule has 2 aliphatic rings. The summed E-state index contributed by atoms with van der Waals surface area (Å²) in [4.78, 5) is 40.7. The van der Waals surface area contributed by atoms with E-state index >= 15 is 0 Å². The number of rotatable bonds is 9. The number of esters is 1. The summed E-state index contributed by atoms with van der Waals surface area (Å²) in [6.07, 6.45) is 5.11. The Bertz CT molecular complexity index is 968. The fourth-order valence-electron chi connectivity index (χ4n) is 4.93. The van der Waals surface area contributed by atoms with Crippen LogP contribution in [0.15, 0.2) is 48.5 Å². The number of methoxy groups -OCH3 is 1. The van der Waals surface area contributed by atoms with Crippen LogP contribution in [0, 0.1) is 0 Å². The Hall–Kier alpha value is -2.99. The lowest BCUT2D eigenvalue weighted by Gasteiger charge is -2.36. The van der Waals surface area contributed by atoms with Crippen LogP contribution in [0.25, 0.3) is 0 Å². The van der Waals surface area contributed by atoms with Crippen LogP contribution >= 0.6 is 0 Å². The van der Waals surface area contributed by atoms with Crippen LogP contribution < -0.4 is 0 Å². The smallest absolute Gasteiger partial charge is 0.305 e. The number of hydrogen-bond donors (Lipinski definition) is 0. The Kier molecular flexibility index (Phi) is 7.00. The van der Waals surface area contributed by atoms with Gasteiger partial charge in [0.15, 0.2) is 0 Å². The summed E-state index contributed by atoms with van der Waals surface area (Å²) in [5, 5.41) is 0. The van der Waals surface area contributed by atoms with Crippen LogP contribution in [0.4, 0.5) is 0 Å². The predicted molar refractivity (Wildman–Crippen MR) is 121 cm³/mol. The lowest BCUT2D eigenvalue weighted by atomic mass is 9.86. The fraction of sp³-hybridized carbons (Fsp3) is 0.423. The van der Waals surface area contributed by atoms with Gasteiger partial charge in [0.2, 0.25) is 0 Å². The Morgan fingerprint density at radius 2 is 1.66 bits per heavy atom. The molecule has 2 aromatic carbocycles. The molecule has 32 heavy (non-hydrogen) atoms. The van der Waals surface area contributed by atoms with E-state index in [-0.39, 0.29) is 17.8 Å². The van der Waals surface area contributed by atoms with Crippen molar-refractivity contribution in [1.29, 1.82) is 0 Å². The summed E-state index contributed by atoms with van der Waals surface area (Å²) in [6, 6.07) is 15.9. The zero-order valence-electron chi connectivity index (χ0n) is 18.6. The Balaban J connectivity index is 1.43. The second-order valence-corrected chi connectivity index (χ2v) is 8.48. The van der Waals surface area contributed by atoms with Gasteiger partial charge >= 0.3 is 5.97 Å². The van der Waals surface area contributed by atoms with Gasteiger partial charge in [-0.2, -0.15) is 0 Å². The zero-order valence-corrected chi connectivity index (χ0v) is 18.6. The van der Waals surface area contributed by atoms with Gasteiger partial charge in [-0.3, -0.25) is 24.2 Å². The van der Waals surface area contributed by atoms with E-state index in [1.54, 1.807) is 24.3 Å². The maximum atomic E-state index is 12.7. The van der Waals surface area contributed by atoms with Gasteiger partial charge in [0.05, 0.1) is 18.2 Å². The van der Waals surface area contributed by atoms with Crippen LogP contribution in [0.1, 0.15) is 70.0 Å². The van der Waals surface area contributed by atoms with Gasteiger partial charge in [0, 0.05) is 25.6 Å². The van der Waals surface area contributed by atoms with Crippen molar-refractivity contribution in [1.82, 2.24) is 9.80 Å². The number of fused-ring (bicyclic) bond motifs is 2. The van der Waals surface area contributed by atoms with Crippen LogP contribution in [-0.2, 0) is 16.0 Å². The average molecular weight is 435 g/mol. The first-order valence-electron chi connectivity index (χ1n) is 11.4. The first kappa shape index (κ1) is 22.2. The van der Waals surface area contributed by atoms with Gasteiger partial charge in [0.25, 0.3) is 11.8 Å². The molecule has 0 saturated carbocycles. The topological polar surface area (TPSA) is 66.9 Å². The molecule has 2 amide bonds. The molecule has 1 atom stereocenters. The summed E-state index contributed by atoms with van der Waals surface area (Å²) < 4.78 is 4.80. The standard InChI is InChI=1S/C26H30N2O4/c1-32-24(29)15-7-16-27(23-14-6-10-19-9-2-3-11-20(19)23)17-8-18-28-25(30)21-12-4-5-13-22(21)26(28)31/h2-5,9,11-13,23H,6-8,10,14-18H2,1H3. The van der Waals surface area contributed by atoms with E-state index in [4.69, 9.17) is 4.74 Å². The molecule has 4 rings (SSSR count). The molecule has 1 heterocycles. The molecule has 168 valence electrons. The summed E-state index contributed by atoms with van der Waals surface area (Å²) in [6.45, 7) is 1.93. The van der Waals surface area contributed by atoms with E-state index in [1.807, 2.05) is 0 Å². The molecule has 0 bridgehead atoms.